The van der Waals surface area contributed by atoms with E-state index in [2.05, 4.69) is 42.5 Å². The van der Waals surface area contributed by atoms with Crippen LogP contribution in [-0.2, 0) is 4.79 Å². The molecule has 1 nitrogen and oxygen atoms in total. The van der Waals surface area contributed by atoms with E-state index >= 15 is 0 Å². The minimum absolute atomic E-state index is 0.00337. The van der Waals surface area contributed by atoms with Crippen molar-refractivity contribution in [3.8, 4) is 0 Å². The third-order valence-electron chi connectivity index (χ3n) is 7.72. The molecule has 6 atom stereocenters. The normalized spacial score (nSPS) is 52.7. The van der Waals surface area contributed by atoms with Crippen LogP contribution in [0.4, 0.5) is 0 Å². The van der Waals surface area contributed by atoms with Crippen LogP contribution in [0.1, 0.15) is 65.2 Å². The Morgan fingerprint density at radius 1 is 1.14 bits per heavy atom. The first-order valence-corrected chi connectivity index (χ1v) is 10.1. The summed E-state index contributed by atoms with van der Waals surface area (Å²) in [7, 11) is 0. The van der Waals surface area contributed by atoms with Crippen LogP contribution in [0, 0.1) is 28.6 Å². The Balaban J connectivity index is 1.71. The van der Waals surface area contributed by atoms with Crippen molar-refractivity contribution >= 4 is 28.4 Å². The smallest absolute Gasteiger partial charge is 0.151 e. The Kier molecular flexibility index (Phi) is 3.37. The van der Waals surface area contributed by atoms with Gasteiger partial charge in [-0.25, -0.2) is 0 Å². The summed E-state index contributed by atoms with van der Waals surface area (Å²) in [6.45, 7) is 4.84. The van der Waals surface area contributed by atoms with Gasteiger partial charge in [-0.3, -0.25) is 4.79 Å². The summed E-state index contributed by atoms with van der Waals surface area (Å²) in [5.74, 6) is 2.85. The SMILES string of the molecule is C[C@]12CCCCC1=CC[C@@H]1[C@@H]2CC[C@]2(C)C(=O)[C@H](I)C[C@@H]12. The summed E-state index contributed by atoms with van der Waals surface area (Å²) in [5, 5.41) is 0. The predicted octanol–water partition coefficient (Wildman–Crippen LogP) is 5.32. The van der Waals surface area contributed by atoms with Crippen LogP contribution >= 0.6 is 22.6 Å². The summed E-state index contributed by atoms with van der Waals surface area (Å²) < 4.78 is 0.279. The van der Waals surface area contributed by atoms with Crippen molar-refractivity contribution in [2.75, 3.05) is 0 Å². The zero-order valence-corrected chi connectivity index (χ0v) is 15.5. The van der Waals surface area contributed by atoms with Crippen LogP contribution in [0.15, 0.2) is 11.6 Å². The van der Waals surface area contributed by atoms with E-state index in [4.69, 9.17) is 0 Å². The van der Waals surface area contributed by atoms with Crippen molar-refractivity contribution < 1.29 is 4.79 Å². The van der Waals surface area contributed by atoms with Gasteiger partial charge in [0, 0.05) is 5.41 Å². The zero-order valence-electron chi connectivity index (χ0n) is 13.3. The van der Waals surface area contributed by atoms with Gasteiger partial charge in [0.25, 0.3) is 0 Å². The highest BCUT2D eigenvalue weighted by Gasteiger charge is 2.60. The Hall–Kier alpha value is 0.140. The van der Waals surface area contributed by atoms with Gasteiger partial charge in [-0.05, 0) is 68.1 Å². The van der Waals surface area contributed by atoms with E-state index in [1.165, 1.54) is 38.5 Å². The molecule has 4 rings (SSSR count). The number of rotatable bonds is 0. The van der Waals surface area contributed by atoms with Crippen molar-refractivity contribution in [3.05, 3.63) is 11.6 Å². The third kappa shape index (κ3) is 1.89. The van der Waals surface area contributed by atoms with Crippen LogP contribution in [0.5, 0.6) is 0 Å². The molecule has 0 aromatic heterocycles. The number of ketones is 1. The number of carbonyl (C=O) groups is 1. The van der Waals surface area contributed by atoms with Gasteiger partial charge in [0.2, 0.25) is 0 Å². The van der Waals surface area contributed by atoms with E-state index in [1.54, 1.807) is 5.57 Å². The van der Waals surface area contributed by atoms with Crippen molar-refractivity contribution in [2.45, 2.75) is 69.1 Å². The van der Waals surface area contributed by atoms with E-state index in [1.807, 2.05) is 0 Å². The van der Waals surface area contributed by atoms with Crippen LogP contribution in [-0.4, -0.2) is 9.71 Å². The van der Waals surface area contributed by atoms with Crippen LogP contribution in [0.2, 0.25) is 0 Å². The summed E-state index contributed by atoms with van der Waals surface area (Å²) >= 11 is 2.41. The lowest BCUT2D eigenvalue weighted by Crippen LogP contribution is -2.49. The van der Waals surface area contributed by atoms with Crippen molar-refractivity contribution in [3.63, 3.8) is 0 Å². The molecule has 3 fully saturated rings. The highest BCUT2D eigenvalue weighted by molar-refractivity contribution is 14.1. The van der Waals surface area contributed by atoms with E-state index < -0.39 is 0 Å². The molecule has 4 aliphatic rings. The van der Waals surface area contributed by atoms with E-state index in [0.717, 1.165) is 24.7 Å². The molecular formula is C19H27IO. The first-order chi connectivity index (χ1) is 9.97. The minimum atomic E-state index is 0.00337. The second-order valence-electron chi connectivity index (χ2n) is 8.49. The maximum atomic E-state index is 12.7. The van der Waals surface area contributed by atoms with E-state index in [-0.39, 0.29) is 9.34 Å². The van der Waals surface area contributed by atoms with Gasteiger partial charge < -0.3 is 0 Å². The Morgan fingerprint density at radius 2 is 1.95 bits per heavy atom. The van der Waals surface area contributed by atoms with Crippen LogP contribution in [0.3, 0.4) is 0 Å². The first kappa shape index (κ1) is 14.7. The van der Waals surface area contributed by atoms with Crippen molar-refractivity contribution in [1.82, 2.24) is 0 Å². The zero-order chi connectivity index (χ0) is 14.8. The number of alkyl halides is 1. The molecule has 0 saturated heterocycles. The summed E-state index contributed by atoms with van der Waals surface area (Å²) in [4.78, 5) is 12.7. The average Bonchev–Trinajstić information content (AvgIpc) is 2.70. The molecule has 0 aromatic carbocycles. The molecule has 116 valence electrons. The molecule has 0 spiro atoms. The van der Waals surface area contributed by atoms with Gasteiger partial charge in [0.05, 0.1) is 3.92 Å². The first-order valence-electron chi connectivity index (χ1n) is 8.85. The number of Topliss-reactive ketones (excluding diaryl/α,β-unsaturated/α-hetero) is 1. The van der Waals surface area contributed by atoms with Gasteiger partial charge in [-0.1, -0.05) is 54.5 Å². The highest BCUT2D eigenvalue weighted by Crippen LogP contribution is 2.64. The molecule has 0 bridgehead atoms. The fourth-order valence-electron chi connectivity index (χ4n) is 6.45. The standard InChI is InChI=1S/C19H27IO/c1-18-9-4-3-5-12(18)6-7-13-14(18)8-10-19(2)15(13)11-16(20)17(19)21/h6,13-16H,3-5,7-11H2,1-2H3/t13-,14+,15+,16-,18+,19+/m1/s1. The average molecular weight is 398 g/mol. The highest BCUT2D eigenvalue weighted by atomic mass is 127. The fourth-order valence-corrected chi connectivity index (χ4v) is 7.71. The molecule has 3 saturated carbocycles. The Morgan fingerprint density at radius 3 is 2.76 bits per heavy atom. The van der Waals surface area contributed by atoms with Crippen LogP contribution < -0.4 is 0 Å². The monoisotopic (exact) mass is 398 g/mol. The largest absolute Gasteiger partial charge is 0.298 e. The maximum Gasteiger partial charge on any atom is 0.151 e. The summed E-state index contributed by atoms with van der Waals surface area (Å²) in [6.07, 6.45) is 13.0. The molecule has 0 aliphatic heterocycles. The van der Waals surface area contributed by atoms with E-state index in [0.29, 0.717) is 17.1 Å². The lowest BCUT2D eigenvalue weighted by atomic mass is 9.48. The lowest BCUT2D eigenvalue weighted by Gasteiger charge is -2.56. The quantitative estimate of drug-likeness (QED) is 0.307. The molecule has 2 heteroatoms. The number of hydrogen-bond acceptors (Lipinski definition) is 1. The second-order valence-corrected chi connectivity index (χ2v) is 9.99. The van der Waals surface area contributed by atoms with Gasteiger partial charge in [0.15, 0.2) is 5.78 Å². The maximum absolute atomic E-state index is 12.7. The third-order valence-corrected chi connectivity index (χ3v) is 8.79. The van der Waals surface area contributed by atoms with Gasteiger partial charge >= 0.3 is 0 Å². The minimum Gasteiger partial charge on any atom is -0.298 e. The molecule has 0 aromatic rings. The molecule has 21 heavy (non-hydrogen) atoms. The molecule has 0 radical (unpaired) electrons. The number of carbonyl (C=O) groups excluding carboxylic acids is 1. The molecule has 0 amide bonds. The van der Waals surface area contributed by atoms with E-state index in [9.17, 15) is 4.79 Å². The Bertz CT molecular complexity index is 510. The Labute approximate surface area is 142 Å². The van der Waals surface area contributed by atoms with Crippen molar-refractivity contribution in [2.24, 2.45) is 28.6 Å². The summed E-state index contributed by atoms with van der Waals surface area (Å²) in [6, 6.07) is 0. The molecule has 0 unspecified atom stereocenters. The second kappa shape index (κ2) is 4.82. The number of hydrogen-bond donors (Lipinski definition) is 0. The fraction of sp³-hybridized carbons (Fsp3) is 0.842. The molecule has 0 N–H and O–H groups in total. The summed E-state index contributed by atoms with van der Waals surface area (Å²) in [5.41, 5.74) is 2.24. The number of halogens is 1. The van der Waals surface area contributed by atoms with Crippen molar-refractivity contribution in [1.29, 1.82) is 0 Å². The van der Waals surface area contributed by atoms with Gasteiger partial charge in [0.1, 0.15) is 0 Å². The van der Waals surface area contributed by atoms with Gasteiger partial charge in [-0.2, -0.15) is 0 Å². The number of allylic oxidation sites excluding steroid dienone is 2. The number of fused-ring (bicyclic) bond motifs is 5. The topological polar surface area (TPSA) is 17.1 Å². The molecular weight excluding hydrogens is 371 g/mol. The van der Waals surface area contributed by atoms with Gasteiger partial charge in [-0.15, -0.1) is 0 Å². The lowest BCUT2D eigenvalue weighted by molar-refractivity contribution is -0.131. The predicted molar refractivity (Wildman–Crippen MR) is 94.5 cm³/mol. The van der Waals surface area contributed by atoms with Crippen LogP contribution in [0.25, 0.3) is 0 Å². The molecule has 4 aliphatic carbocycles. The molecule has 0 heterocycles.